The number of nitrogens with one attached hydrogen (secondary N) is 2. The van der Waals surface area contributed by atoms with E-state index in [1.165, 1.54) is 16.7 Å². The second kappa shape index (κ2) is 14.2. The molecule has 1 heterocycles. The van der Waals surface area contributed by atoms with Gasteiger partial charge in [0, 0.05) is 12.3 Å². The predicted molar refractivity (Wildman–Crippen MR) is 160 cm³/mol. The number of nitrogens with zero attached hydrogens (tertiary/aromatic N) is 1. The highest BCUT2D eigenvalue weighted by Crippen LogP contribution is 2.24. The first kappa shape index (κ1) is 30.1. The Morgan fingerprint density at radius 1 is 1.00 bits per heavy atom. The maximum absolute atomic E-state index is 13.6. The maximum atomic E-state index is 13.6. The van der Waals surface area contributed by atoms with Crippen LogP contribution in [0.3, 0.4) is 0 Å². The van der Waals surface area contributed by atoms with Gasteiger partial charge in [0.1, 0.15) is 11.8 Å². The van der Waals surface area contributed by atoms with Crippen LogP contribution in [-0.2, 0) is 27.3 Å². The molecule has 0 unspecified atom stereocenters. The zero-order valence-corrected chi connectivity index (χ0v) is 24.4. The minimum atomic E-state index is -1.55. The molecule has 0 aromatic heterocycles. The largest absolute Gasteiger partial charge is 0.484 e. The fourth-order valence-electron chi connectivity index (χ4n) is 4.79. The lowest BCUT2D eigenvalue weighted by atomic mass is 9.99. The number of amides is 3. The highest BCUT2D eigenvalue weighted by Gasteiger charge is 2.40. The Hall–Kier alpha value is -3.82. The molecule has 3 aromatic carbocycles. The molecule has 1 aliphatic rings. The van der Waals surface area contributed by atoms with Crippen molar-refractivity contribution in [1.29, 1.82) is 0 Å². The summed E-state index contributed by atoms with van der Waals surface area (Å²) in [5.74, 6) is -0.0268. The van der Waals surface area contributed by atoms with Crippen molar-refractivity contribution in [2.24, 2.45) is 0 Å². The fourth-order valence-corrected chi connectivity index (χ4v) is 5.95. The van der Waals surface area contributed by atoms with Gasteiger partial charge < -0.3 is 25.4 Å². The number of carbonyl (C=O) groups excluding carboxylic acids is 3. The van der Waals surface area contributed by atoms with E-state index in [-0.39, 0.29) is 24.8 Å². The summed E-state index contributed by atoms with van der Waals surface area (Å²) < 4.78 is 5.72. The van der Waals surface area contributed by atoms with Crippen LogP contribution in [0.2, 0.25) is 0 Å². The van der Waals surface area contributed by atoms with Gasteiger partial charge in [-0.2, -0.15) is 0 Å². The molecule has 0 aliphatic carbocycles. The van der Waals surface area contributed by atoms with Gasteiger partial charge in [0.05, 0.1) is 11.9 Å². The van der Waals surface area contributed by atoms with Crippen LogP contribution in [0.25, 0.3) is 0 Å². The Morgan fingerprint density at radius 2 is 1.73 bits per heavy atom. The van der Waals surface area contributed by atoms with Crippen LogP contribution in [-0.4, -0.2) is 64.2 Å². The van der Waals surface area contributed by atoms with Gasteiger partial charge in [-0.3, -0.25) is 14.4 Å². The lowest BCUT2D eigenvalue weighted by Crippen LogP contribution is -2.56. The zero-order chi connectivity index (χ0) is 29.4. The average Bonchev–Trinajstić information content (AvgIpc) is 3.46. The summed E-state index contributed by atoms with van der Waals surface area (Å²) in [5.41, 5.74) is 4.91. The fraction of sp³-hybridized carbons (Fsp3) is 0.344. The number of thioether (sulfide) groups is 1. The molecule has 4 rings (SSSR count). The highest BCUT2D eigenvalue weighted by molar-refractivity contribution is 7.99. The lowest BCUT2D eigenvalue weighted by molar-refractivity contribution is -0.146. The Bertz CT molecular complexity index is 1370. The average molecular weight is 576 g/mol. The van der Waals surface area contributed by atoms with E-state index in [2.05, 4.69) is 10.6 Å². The van der Waals surface area contributed by atoms with Gasteiger partial charge in [0.25, 0.3) is 11.8 Å². The smallest absolute Gasteiger partial charge is 0.258 e. The standard InChI is InChI=1S/C32H37N3O5S/c1-21-13-14-28(23(3)15-21)40-18-29(36)34-26(16-24-10-5-4-6-11-24)30(37)32(39)35-20-41-19-27(35)31(38)33-17-25-12-8-7-9-22(25)2/h4-15,26-27,30,37H,16-20H2,1-3H3,(H,33,38)(H,34,36)/t26-,27-,30-/m0/s1. The van der Waals surface area contributed by atoms with Crippen molar-refractivity contribution < 1.29 is 24.2 Å². The molecule has 216 valence electrons. The van der Waals surface area contributed by atoms with Crippen LogP contribution in [0.4, 0.5) is 0 Å². The maximum Gasteiger partial charge on any atom is 0.258 e. The molecule has 3 aromatic rings. The van der Waals surface area contributed by atoms with Crippen molar-refractivity contribution in [2.75, 3.05) is 18.2 Å². The summed E-state index contributed by atoms with van der Waals surface area (Å²) in [6, 6.07) is 21.2. The van der Waals surface area contributed by atoms with Gasteiger partial charge in [-0.25, -0.2) is 0 Å². The van der Waals surface area contributed by atoms with Gasteiger partial charge in [-0.05, 0) is 55.5 Å². The predicted octanol–water partition coefficient (Wildman–Crippen LogP) is 3.30. The molecule has 41 heavy (non-hydrogen) atoms. The topological polar surface area (TPSA) is 108 Å². The number of aliphatic hydroxyl groups excluding tert-OH is 1. The van der Waals surface area contributed by atoms with Gasteiger partial charge >= 0.3 is 0 Å². The first-order chi connectivity index (χ1) is 19.7. The van der Waals surface area contributed by atoms with Crippen LogP contribution in [0.1, 0.15) is 27.8 Å². The molecule has 3 N–H and O–H groups in total. The number of carbonyl (C=O) groups is 3. The third-order valence-corrected chi connectivity index (χ3v) is 8.16. The number of hydrogen-bond acceptors (Lipinski definition) is 6. The molecule has 0 radical (unpaired) electrons. The Morgan fingerprint density at radius 3 is 2.46 bits per heavy atom. The molecule has 1 fully saturated rings. The van der Waals surface area contributed by atoms with Crippen LogP contribution in [0, 0.1) is 20.8 Å². The highest BCUT2D eigenvalue weighted by atomic mass is 32.2. The molecule has 9 heteroatoms. The van der Waals surface area contributed by atoms with Gasteiger partial charge in [0.15, 0.2) is 12.7 Å². The monoisotopic (exact) mass is 575 g/mol. The van der Waals surface area contributed by atoms with Crippen molar-refractivity contribution in [3.05, 3.63) is 101 Å². The molecule has 3 amide bonds. The number of hydrogen-bond donors (Lipinski definition) is 3. The first-order valence-corrected chi connectivity index (χ1v) is 14.8. The molecular weight excluding hydrogens is 538 g/mol. The quantitative estimate of drug-likeness (QED) is 0.324. The minimum Gasteiger partial charge on any atom is -0.484 e. The molecular formula is C32H37N3O5S. The van der Waals surface area contributed by atoms with E-state index in [0.29, 0.717) is 18.0 Å². The Labute approximate surface area is 245 Å². The van der Waals surface area contributed by atoms with E-state index in [1.807, 2.05) is 93.6 Å². The first-order valence-electron chi connectivity index (χ1n) is 13.6. The summed E-state index contributed by atoms with van der Waals surface area (Å²) >= 11 is 1.45. The molecule has 0 saturated carbocycles. The van der Waals surface area contributed by atoms with E-state index in [1.54, 1.807) is 0 Å². The molecule has 0 spiro atoms. The number of rotatable bonds is 11. The van der Waals surface area contributed by atoms with Crippen LogP contribution < -0.4 is 15.4 Å². The number of aryl methyl sites for hydroxylation is 3. The van der Waals surface area contributed by atoms with Gasteiger partial charge in [-0.15, -0.1) is 11.8 Å². The summed E-state index contributed by atoms with van der Waals surface area (Å²) in [6.45, 7) is 5.95. The lowest BCUT2D eigenvalue weighted by Gasteiger charge is -2.30. The number of benzene rings is 3. The third kappa shape index (κ3) is 8.11. The Balaban J connectivity index is 1.42. The summed E-state index contributed by atoms with van der Waals surface area (Å²) in [5, 5.41) is 17.0. The van der Waals surface area contributed by atoms with E-state index in [9.17, 15) is 19.5 Å². The summed E-state index contributed by atoms with van der Waals surface area (Å²) in [7, 11) is 0. The molecule has 1 aliphatic heterocycles. The van der Waals surface area contributed by atoms with E-state index >= 15 is 0 Å². The van der Waals surface area contributed by atoms with Crippen molar-refractivity contribution in [1.82, 2.24) is 15.5 Å². The number of aliphatic hydroxyl groups is 1. The normalized spacial score (nSPS) is 16.1. The van der Waals surface area contributed by atoms with E-state index < -0.39 is 30.0 Å². The minimum absolute atomic E-state index is 0.230. The van der Waals surface area contributed by atoms with Crippen molar-refractivity contribution in [3.63, 3.8) is 0 Å². The SMILES string of the molecule is Cc1ccc(OCC(=O)N[C@@H](Cc2ccccc2)[C@H](O)C(=O)N2CSC[C@H]2C(=O)NCc2ccccc2C)c(C)c1. The van der Waals surface area contributed by atoms with Crippen LogP contribution in [0.15, 0.2) is 72.8 Å². The summed E-state index contributed by atoms with van der Waals surface area (Å²) in [4.78, 5) is 41.0. The van der Waals surface area contributed by atoms with Crippen molar-refractivity contribution >= 4 is 29.5 Å². The van der Waals surface area contributed by atoms with Crippen LogP contribution >= 0.6 is 11.8 Å². The van der Waals surface area contributed by atoms with E-state index in [4.69, 9.17) is 4.74 Å². The van der Waals surface area contributed by atoms with Gasteiger partial charge in [-0.1, -0.05) is 72.3 Å². The molecule has 8 nitrogen and oxygen atoms in total. The summed E-state index contributed by atoms with van der Waals surface area (Å²) in [6.07, 6.45) is -1.32. The van der Waals surface area contributed by atoms with Crippen LogP contribution in [0.5, 0.6) is 5.75 Å². The van der Waals surface area contributed by atoms with Gasteiger partial charge in [0.2, 0.25) is 5.91 Å². The van der Waals surface area contributed by atoms with Crippen molar-refractivity contribution in [2.45, 2.75) is 51.9 Å². The Kier molecular flexibility index (Phi) is 10.4. The molecule has 1 saturated heterocycles. The van der Waals surface area contributed by atoms with Crippen molar-refractivity contribution in [3.8, 4) is 5.75 Å². The molecule has 0 bridgehead atoms. The third-order valence-electron chi connectivity index (χ3n) is 7.15. The van der Waals surface area contributed by atoms with E-state index in [0.717, 1.165) is 27.8 Å². The zero-order valence-electron chi connectivity index (χ0n) is 23.6. The number of ether oxygens (including phenoxy) is 1. The second-order valence-electron chi connectivity index (χ2n) is 10.3. The second-order valence-corrected chi connectivity index (χ2v) is 11.3. The molecule has 3 atom stereocenters.